The van der Waals surface area contributed by atoms with Crippen LogP contribution in [0.4, 0.5) is 10.1 Å². The van der Waals surface area contributed by atoms with Crippen LogP contribution in [0.2, 0.25) is 0 Å². The van der Waals surface area contributed by atoms with Gasteiger partial charge in [0.05, 0.1) is 12.5 Å². The molecule has 7 rings (SSSR count). The van der Waals surface area contributed by atoms with Crippen molar-refractivity contribution < 1.29 is 38.3 Å². The number of ketones is 1. The average molecular weight is 935 g/mol. The quantitative estimate of drug-likeness (QED) is 0.0425. The van der Waals surface area contributed by atoms with Crippen LogP contribution >= 0.6 is 11.8 Å². The summed E-state index contributed by atoms with van der Waals surface area (Å²) in [5.74, 6) is -5.03. The number of anilines is 1. The lowest BCUT2D eigenvalue weighted by atomic mass is 9.73. The number of nitrogens with zero attached hydrogens (tertiary/aromatic N) is 1. The van der Waals surface area contributed by atoms with Crippen LogP contribution in [0, 0.1) is 29.0 Å². The van der Waals surface area contributed by atoms with Crippen molar-refractivity contribution in [2.45, 2.75) is 117 Å². The summed E-state index contributed by atoms with van der Waals surface area (Å²) in [5, 5.41) is 27.7. The van der Waals surface area contributed by atoms with Crippen LogP contribution in [0.15, 0.2) is 71.9 Å². The Bertz CT molecular complexity index is 2450. The molecule has 356 valence electrons. The van der Waals surface area contributed by atoms with Gasteiger partial charge in [-0.15, -0.1) is 0 Å². The van der Waals surface area contributed by atoms with Crippen molar-refractivity contribution in [3.05, 3.63) is 111 Å². The van der Waals surface area contributed by atoms with Gasteiger partial charge in [-0.25, -0.2) is 4.39 Å². The molecule has 0 aromatic heterocycles. The fourth-order valence-corrected chi connectivity index (χ4v) is 10.5. The van der Waals surface area contributed by atoms with E-state index in [1.807, 2.05) is 68.9 Å². The first-order valence-corrected chi connectivity index (χ1v) is 24.3. The molecule has 0 spiro atoms. The van der Waals surface area contributed by atoms with Crippen LogP contribution in [0.1, 0.15) is 119 Å². The molecule has 0 bridgehead atoms. The second-order valence-corrected chi connectivity index (χ2v) is 20.4. The molecule has 15 heteroatoms. The molecular formula is C52H63FN6O7S. The van der Waals surface area contributed by atoms with Crippen molar-refractivity contribution in [3.8, 4) is 5.75 Å². The highest BCUT2D eigenvalue weighted by Gasteiger charge is 2.39. The van der Waals surface area contributed by atoms with E-state index in [-0.39, 0.29) is 65.8 Å². The fraction of sp³-hybridized carbons (Fsp3) is 0.462. The summed E-state index contributed by atoms with van der Waals surface area (Å²) in [6.07, 6.45) is 7.70. The highest BCUT2D eigenvalue weighted by molar-refractivity contribution is 8.11. The second kappa shape index (κ2) is 21.4. The number of imide groups is 1. The number of fused-ring (bicyclic) bond motifs is 1. The van der Waals surface area contributed by atoms with Gasteiger partial charge < -0.3 is 26.4 Å². The van der Waals surface area contributed by atoms with Gasteiger partial charge in [0.15, 0.2) is 5.82 Å². The minimum Gasteiger partial charge on any atom is -0.506 e. The monoisotopic (exact) mass is 934 g/mol. The molecule has 3 aromatic carbocycles. The lowest BCUT2D eigenvalue weighted by Gasteiger charge is -2.32. The van der Waals surface area contributed by atoms with Crippen molar-refractivity contribution in [2.24, 2.45) is 23.2 Å². The van der Waals surface area contributed by atoms with Gasteiger partial charge in [0.25, 0.3) is 0 Å². The molecule has 2 heterocycles. The molecule has 4 aliphatic rings. The summed E-state index contributed by atoms with van der Waals surface area (Å²) in [7, 11) is 0. The Morgan fingerprint density at radius 1 is 0.925 bits per heavy atom. The number of aryl methyl sites for hydroxylation is 1. The van der Waals surface area contributed by atoms with Crippen LogP contribution in [0.3, 0.4) is 0 Å². The smallest absolute Gasteiger partial charge is 0.317 e. The van der Waals surface area contributed by atoms with Gasteiger partial charge in [-0.05, 0) is 115 Å². The number of phenolic OH excluding ortho intramolecular Hbond substituents is 1. The first-order chi connectivity index (χ1) is 32.0. The summed E-state index contributed by atoms with van der Waals surface area (Å²) in [6.45, 7) is 10.4. The van der Waals surface area contributed by atoms with Crippen LogP contribution in [-0.4, -0.2) is 59.6 Å². The Balaban J connectivity index is 0.855. The topological polar surface area (TPSA) is 186 Å². The molecule has 1 saturated carbocycles. The Labute approximate surface area is 396 Å². The molecular weight excluding hydrogens is 872 g/mol. The molecule has 6 N–H and O–H groups in total. The normalized spacial score (nSPS) is 21.0. The van der Waals surface area contributed by atoms with Gasteiger partial charge in [0.1, 0.15) is 23.8 Å². The van der Waals surface area contributed by atoms with Crippen molar-refractivity contribution >= 4 is 57.7 Å². The second-order valence-electron chi connectivity index (χ2n) is 19.5. The molecule has 5 atom stereocenters. The maximum Gasteiger partial charge on any atom is 0.317 e. The number of hydrogen-bond acceptors (Lipinski definition) is 10. The molecule has 67 heavy (non-hydrogen) atoms. The highest BCUT2D eigenvalue weighted by atomic mass is 32.2. The fourth-order valence-electron chi connectivity index (χ4n) is 9.71. The third kappa shape index (κ3) is 12.0. The number of halogens is 1. The Hall–Kier alpha value is -5.80. The number of benzene rings is 3. The highest BCUT2D eigenvalue weighted by Crippen LogP contribution is 2.39. The standard InChI is InChI=1S/C52H63FN6O7S/c1-30(34-13-16-36(17-14-34)48-31(2)54-23-24-67-48)57-49(64)37-8-6-7-35(15-18-37)47(63)41(52(3,4)5)28-56-43(61)25-32-9-11-33(12-10-32)27-55-39-20-19-38-26-42(60)46(45(53)40(38)22-21-39)59-29-44(62)58-50(65)51(59)66/h9-14,16-17,23-24,26,30,35,37,39,41,54-55,60H,6-8,15,18-22,25,27-29H2,1-5H3,(H,56,61)(H,57,64)(H,58,62,65)/t30-,35?,37+,39+,41+/m0/s1. The van der Waals surface area contributed by atoms with Crippen molar-refractivity contribution in [1.82, 2.24) is 26.6 Å². The van der Waals surface area contributed by atoms with E-state index >= 15 is 4.39 Å². The minimum atomic E-state index is -1.17. The number of nitrogens with one attached hydrogen (secondary N) is 5. The van der Waals surface area contributed by atoms with Crippen LogP contribution < -0.4 is 31.5 Å². The lowest BCUT2D eigenvalue weighted by Crippen LogP contribution is -2.55. The third-order valence-corrected chi connectivity index (χ3v) is 14.8. The van der Waals surface area contributed by atoms with Gasteiger partial charge in [-0.1, -0.05) is 87.5 Å². The van der Waals surface area contributed by atoms with Crippen LogP contribution in [0.5, 0.6) is 5.75 Å². The molecule has 5 amide bonds. The summed E-state index contributed by atoms with van der Waals surface area (Å²) in [5.41, 5.74) is 5.26. The first-order valence-electron chi connectivity index (χ1n) is 23.5. The number of Topliss-reactive ketones (excluding diaryl/α,β-unsaturated/α-hetero) is 1. The predicted octanol–water partition coefficient (Wildman–Crippen LogP) is 7.02. The van der Waals surface area contributed by atoms with Gasteiger partial charge >= 0.3 is 11.8 Å². The number of hydrogen-bond donors (Lipinski definition) is 6. The van der Waals surface area contributed by atoms with Gasteiger partial charge in [0, 0.05) is 53.7 Å². The zero-order valence-corrected chi connectivity index (χ0v) is 39.9. The SMILES string of the molecule is CC1=C(c2ccc([C@H](C)NC(=O)[C@@H]3CCCC(C(=O)[C@@H](CNC(=O)Cc4ccc(CN[C@@H]5CCc6cc(O)c(N7CC(=O)NC(=O)C7=O)c(F)c6CC5)cc4)C(C)(C)C)CC3)cc2)SC=CN1. The minimum absolute atomic E-state index is 0.0250. The van der Waals surface area contributed by atoms with Crippen LogP contribution in [-0.2, 0) is 54.6 Å². The molecule has 13 nitrogen and oxygen atoms in total. The number of rotatable bonds is 14. The molecule has 1 unspecified atom stereocenters. The van der Waals surface area contributed by atoms with Crippen LogP contribution in [0.25, 0.3) is 4.91 Å². The number of carbonyl (C=O) groups is 6. The summed E-state index contributed by atoms with van der Waals surface area (Å²) in [4.78, 5) is 79.1. The number of thioether (sulfide) groups is 1. The van der Waals surface area contributed by atoms with Crippen molar-refractivity contribution in [2.75, 3.05) is 18.0 Å². The van der Waals surface area contributed by atoms with Crippen molar-refractivity contribution in [1.29, 1.82) is 0 Å². The number of aromatic hydroxyl groups is 1. The summed E-state index contributed by atoms with van der Waals surface area (Å²) in [6, 6.07) is 17.4. The summed E-state index contributed by atoms with van der Waals surface area (Å²) >= 11 is 1.68. The van der Waals surface area contributed by atoms with Crippen molar-refractivity contribution in [3.63, 3.8) is 0 Å². The lowest BCUT2D eigenvalue weighted by molar-refractivity contribution is -0.143. The number of piperazine rings is 1. The molecule has 2 aliphatic heterocycles. The molecule has 2 aliphatic carbocycles. The maximum atomic E-state index is 15.9. The van der Waals surface area contributed by atoms with E-state index in [1.54, 1.807) is 11.8 Å². The Morgan fingerprint density at radius 2 is 1.61 bits per heavy atom. The Kier molecular flexibility index (Phi) is 15.7. The van der Waals surface area contributed by atoms with E-state index in [4.69, 9.17) is 0 Å². The molecule has 3 aromatic rings. The van der Waals surface area contributed by atoms with E-state index in [2.05, 4.69) is 52.5 Å². The Morgan fingerprint density at radius 3 is 2.33 bits per heavy atom. The van der Waals surface area contributed by atoms with E-state index in [0.717, 1.165) is 47.2 Å². The van der Waals surface area contributed by atoms with Gasteiger partial charge in [0.2, 0.25) is 17.7 Å². The maximum absolute atomic E-state index is 15.9. The average Bonchev–Trinajstić information content (AvgIpc) is 3.67. The molecule has 2 fully saturated rings. The van der Waals surface area contributed by atoms with Gasteiger partial charge in [-0.3, -0.25) is 39.0 Å². The van der Waals surface area contributed by atoms with E-state index in [9.17, 15) is 33.9 Å². The summed E-state index contributed by atoms with van der Waals surface area (Å²) < 4.78 is 15.9. The number of allylic oxidation sites excluding steroid dienone is 1. The number of amides is 5. The van der Waals surface area contributed by atoms with E-state index < -0.39 is 41.5 Å². The van der Waals surface area contributed by atoms with E-state index in [1.165, 1.54) is 11.0 Å². The molecule has 1 saturated heterocycles. The zero-order valence-electron chi connectivity index (χ0n) is 39.1. The first kappa shape index (κ1) is 49.1. The predicted molar refractivity (Wildman–Crippen MR) is 257 cm³/mol. The van der Waals surface area contributed by atoms with E-state index in [0.29, 0.717) is 61.1 Å². The zero-order chi connectivity index (χ0) is 48.0. The van der Waals surface area contributed by atoms with Gasteiger partial charge in [-0.2, -0.15) is 0 Å². The number of phenols is 1. The largest absolute Gasteiger partial charge is 0.506 e. The third-order valence-electron chi connectivity index (χ3n) is 13.7. The number of carbonyl (C=O) groups excluding carboxylic acids is 6. The molecule has 0 radical (unpaired) electrons.